The zero-order chi connectivity index (χ0) is 13.1. The molecule has 2 rings (SSSR count). The van der Waals surface area contributed by atoms with Crippen molar-refractivity contribution < 1.29 is 9.53 Å². The molecular weight excluding hydrogens is 238 g/mol. The Labute approximate surface area is 101 Å². The standard InChI is InChI=1S/C11H11N3O4/c1-2-18-11(17)12-6-3-4-7-8(5-6)14-10(16)9(15)13-7/h3-5H,2H2,1H3,(H,12,17)(H,13,15)(H,14,16). The van der Waals surface area contributed by atoms with Gasteiger partial charge in [0.2, 0.25) is 0 Å². The van der Waals surface area contributed by atoms with Crippen LogP contribution in [-0.2, 0) is 4.74 Å². The van der Waals surface area contributed by atoms with Crippen LogP contribution in [0, 0.1) is 0 Å². The summed E-state index contributed by atoms with van der Waals surface area (Å²) in [4.78, 5) is 38.3. The second-order valence-electron chi connectivity index (χ2n) is 3.51. The van der Waals surface area contributed by atoms with Gasteiger partial charge >= 0.3 is 17.2 Å². The van der Waals surface area contributed by atoms with Gasteiger partial charge in [-0.3, -0.25) is 14.9 Å². The first-order valence-electron chi connectivity index (χ1n) is 5.30. The molecular formula is C11H11N3O4. The molecule has 0 aliphatic carbocycles. The fourth-order valence-corrected chi connectivity index (χ4v) is 1.48. The van der Waals surface area contributed by atoms with Gasteiger partial charge in [0.15, 0.2) is 0 Å². The molecule has 2 aromatic rings. The third-order valence-electron chi connectivity index (χ3n) is 2.24. The molecule has 1 heterocycles. The minimum atomic E-state index is -0.740. The average molecular weight is 249 g/mol. The maximum absolute atomic E-state index is 11.2. The van der Waals surface area contributed by atoms with E-state index in [0.717, 1.165) is 0 Å². The van der Waals surface area contributed by atoms with Crippen molar-refractivity contribution in [2.75, 3.05) is 11.9 Å². The second kappa shape index (κ2) is 4.74. The van der Waals surface area contributed by atoms with E-state index in [4.69, 9.17) is 4.74 Å². The molecule has 0 fully saturated rings. The summed E-state index contributed by atoms with van der Waals surface area (Å²) in [5, 5.41) is 2.49. The first-order valence-corrected chi connectivity index (χ1v) is 5.30. The minimum Gasteiger partial charge on any atom is -0.450 e. The van der Waals surface area contributed by atoms with Crippen LogP contribution in [0.25, 0.3) is 11.0 Å². The topological polar surface area (TPSA) is 104 Å². The lowest BCUT2D eigenvalue weighted by Crippen LogP contribution is -2.28. The Balaban J connectivity index is 2.38. The molecule has 94 valence electrons. The van der Waals surface area contributed by atoms with E-state index >= 15 is 0 Å². The number of benzene rings is 1. The quantitative estimate of drug-likeness (QED) is 0.684. The third kappa shape index (κ3) is 2.40. The number of aromatic nitrogens is 2. The molecule has 1 amide bonds. The number of carbonyl (C=O) groups excluding carboxylic acids is 1. The Morgan fingerprint density at radius 2 is 1.89 bits per heavy atom. The molecule has 0 saturated carbocycles. The van der Waals surface area contributed by atoms with E-state index in [1.165, 1.54) is 6.07 Å². The van der Waals surface area contributed by atoms with E-state index in [9.17, 15) is 14.4 Å². The van der Waals surface area contributed by atoms with E-state index in [1.807, 2.05) is 0 Å². The number of hydrogen-bond donors (Lipinski definition) is 3. The summed E-state index contributed by atoms with van der Waals surface area (Å²) in [6.45, 7) is 1.96. The predicted molar refractivity (Wildman–Crippen MR) is 65.8 cm³/mol. The normalized spacial score (nSPS) is 10.3. The van der Waals surface area contributed by atoms with Crippen molar-refractivity contribution in [2.24, 2.45) is 0 Å². The average Bonchev–Trinajstić information content (AvgIpc) is 2.31. The highest BCUT2D eigenvalue weighted by Crippen LogP contribution is 2.13. The van der Waals surface area contributed by atoms with Crippen molar-refractivity contribution in [1.82, 2.24) is 9.97 Å². The largest absolute Gasteiger partial charge is 0.450 e. The zero-order valence-corrected chi connectivity index (χ0v) is 9.57. The molecule has 0 aliphatic heterocycles. The molecule has 1 aromatic heterocycles. The van der Waals surface area contributed by atoms with Gasteiger partial charge in [-0.15, -0.1) is 0 Å². The van der Waals surface area contributed by atoms with Crippen LogP contribution in [0.15, 0.2) is 27.8 Å². The van der Waals surface area contributed by atoms with E-state index in [0.29, 0.717) is 16.7 Å². The molecule has 0 bridgehead atoms. The highest BCUT2D eigenvalue weighted by atomic mass is 16.5. The lowest BCUT2D eigenvalue weighted by atomic mass is 10.2. The maximum atomic E-state index is 11.2. The number of amides is 1. The van der Waals surface area contributed by atoms with Crippen molar-refractivity contribution >= 4 is 22.8 Å². The fraction of sp³-hybridized carbons (Fsp3) is 0.182. The van der Waals surface area contributed by atoms with Gasteiger partial charge in [-0.2, -0.15) is 0 Å². The summed E-state index contributed by atoms with van der Waals surface area (Å²) >= 11 is 0. The van der Waals surface area contributed by atoms with Crippen LogP contribution in [0.5, 0.6) is 0 Å². The molecule has 1 aromatic carbocycles. The molecule has 7 nitrogen and oxygen atoms in total. The summed E-state index contributed by atoms with van der Waals surface area (Å²) in [6.07, 6.45) is -0.580. The van der Waals surface area contributed by atoms with Gasteiger partial charge in [-0.25, -0.2) is 4.79 Å². The Hall–Kier alpha value is -2.57. The van der Waals surface area contributed by atoms with Crippen LogP contribution in [0.1, 0.15) is 6.92 Å². The van der Waals surface area contributed by atoms with E-state index in [-0.39, 0.29) is 6.61 Å². The number of fused-ring (bicyclic) bond motifs is 1. The summed E-state index contributed by atoms with van der Waals surface area (Å²) in [6, 6.07) is 4.70. The van der Waals surface area contributed by atoms with E-state index in [2.05, 4.69) is 15.3 Å². The molecule has 18 heavy (non-hydrogen) atoms. The van der Waals surface area contributed by atoms with Crippen molar-refractivity contribution in [2.45, 2.75) is 6.92 Å². The van der Waals surface area contributed by atoms with Crippen LogP contribution in [0.2, 0.25) is 0 Å². The molecule has 3 N–H and O–H groups in total. The molecule has 7 heteroatoms. The first kappa shape index (κ1) is 11.9. The Bertz CT molecular complexity index is 701. The van der Waals surface area contributed by atoms with Gasteiger partial charge in [0, 0.05) is 5.69 Å². The van der Waals surface area contributed by atoms with Crippen molar-refractivity contribution in [3.05, 3.63) is 38.9 Å². The SMILES string of the molecule is CCOC(=O)Nc1ccc2[nH]c(=O)c(=O)[nH]c2c1. The van der Waals surface area contributed by atoms with Gasteiger partial charge in [0.1, 0.15) is 0 Å². The van der Waals surface area contributed by atoms with Crippen LogP contribution in [0.4, 0.5) is 10.5 Å². The van der Waals surface area contributed by atoms with E-state index in [1.54, 1.807) is 19.1 Å². The number of nitrogens with one attached hydrogen (secondary N) is 3. The number of ether oxygens (including phenoxy) is 1. The molecule has 0 atom stereocenters. The molecule has 0 saturated heterocycles. The number of hydrogen-bond acceptors (Lipinski definition) is 4. The van der Waals surface area contributed by atoms with Gasteiger partial charge in [-0.1, -0.05) is 0 Å². The summed E-state index contributed by atoms with van der Waals surface area (Å²) in [5.74, 6) is 0. The van der Waals surface area contributed by atoms with Gasteiger partial charge in [0.05, 0.1) is 17.6 Å². The molecule has 0 radical (unpaired) electrons. The lowest BCUT2D eigenvalue weighted by molar-refractivity contribution is 0.168. The number of rotatable bonds is 2. The molecule has 0 unspecified atom stereocenters. The van der Waals surface area contributed by atoms with Crippen LogP contribution in [-0.4, -0.2) is 22.7 Å². The van der Waals surface area contributed by atoms with Gasteiger partial charge < -0.3 is 14.7 Å². The number of H-pyrrole nitrogens is 2. The van der Waals surface area contributed by atoms with Crippen LogP contribution >= 0.6 is 0 Å². The van der Waals surface area contributed by atoms with Crippen LogP contribution < -0.4 is 16.4 Å². The predicted octanol–water partition coefficient (Wildman–Crippen LogP) is 0.785. The third-order valence-corrected chi connectivity index (χ3v) is 2.24. The zero-order valence-electron chi connectivity index (χ0n) is 9.57. The number of carbonyl (C=O) groups is 1. The summed E-state index contributed by atoms with van der Waals surface area (Å²) in [5.41, 5.74) is -0.0871. The van der Waals surface area contributed by atoms with Crippen molar-refractivity contribution in [3.8, 4) is 0 Å². The van der Waals surface area contributed by atoms with Gasteiger partial charge in [-0.05, 0) is 25.1 Å². The highest BCUT2D eigenvalue weighted by molar-refractivity contribution is 5.88. The number of anilines is 1. The Morgan fingerprint density at radius 3 is 2.56 bits per heavy atom. The van der Waals surface area contributed by atoms with Crippen molar-refractivity contribution in [3.63, 3.8) is 0 Å². The summed E-state index contributed by atoms with van der Waals surface area (Å²) in [7, 11) is 0. The lowest BCUT2D eigenvalue weighted by Gasteiger charge is -2.05. The maximum Gasteiger partial charge on any atom is 0.411 e. The second-order valence-corrected chi connectivity index (χ2v) is 3.51. The van der Waals surface area contributed by atoms with Gasteiger partial charge in [0.25, 0.3) is 0 Å². The first-order chi connectivity index (χ1) is 8.60. The smallest absolute Gasteiger partial charge is 0.411 e. The molecule has 0 spiro atoms. The fourth-order valence-electron chi connectivity index (χ4n) is 1.48. The minimum absolute atomic E-state index is 0.267. The number of aromatic amines is 2. The van der Waals surface area contributed by atoms with Crippen LogP contribution in [0.3, 0.4) is 0 Å². The van der Waals surface area contributed by atoms with E-state index < -0.39 is 17.2 Å². The molecule has 0 aliphatic rings. The monoisotopic (exact) mass is 249 g/mol. The summed E-state index contributed by atoms with van der Waals surface area (Å²) < 4.78 is 4.72. The Morgan fingerprint density at radius 1 is 1.22 bits per heavy atom. The van der Waals surface area contributed by atoms with Crippen molar-refractivity contribution in [1.29, 1.82) is 0 Å². The highest BCUT2D eigenvalue weighted by Gasteiger charge is 2.04. The Kier molecular flexibility index (Phi) is 3.13.